The fourth-order valence-corrected chi connectivity index (χ4v) is 4.74. The van der Waals surface area contributed by atoms with Crippen LogP contribution in [0.1, 0.15) is 5.56 Å². The number of pyridine rings is 1. The fraction of sp³-hybridized carbons (Fsp3) is 0.138. The Morgan fingerprint density at radius 3 is 2.25 bits per heavy atom. The Labute approximate surface area is 262 Å². The third kappa shape index (κ3) is 8.37. The summed E-state index contributed by atoms with van der Waals surface area (Å²) in [6.07, 6.45) is 6.24. The van der Waals surface area contributed by atoms with Gasteiger partial charge in [-0.2, -0.15) is 18.1 Å². The lowest BCUT2D eigenvalue weighted by molar-refractivity contribution is 0.197. The molecule has 0 unspecified atom stereocenters. The molecule has 0 amide bonds. The van der Waals surface area contributed by atoms with E-state index < -0.39 is 10.2 Å². The number of benzene rings is 2. The van der Waals surface area contributed by atoms with E-state index in [-0.39, 0.29) is 54.8 Å². The van der Waals surface area contributed by atoms with Crippen LogP contribution in [0.2, 0.25) is 0 Å². The van der Waals surface area contributed by atoms with Crippen LogP contribution in [-0.2, 0) is 16.8 Å². The van der Waals surface area contributed by atoms with Gasteiger partial charge in [0.1, 0.15) is 13.2 Å². The first-order chi connectivity index (χ1) is 21.4. The largest absolute Gasteiger partial charge is 0.493 e. The zero-order valence-electron chi connectivity index (χ0n) is 23.3. The average Bonchev–Trinajstić information content (AvgIpc) is 3.05. The van der Waals surface area contributed by atoms with Crippen molar-refractivity contribution in [2.75, 3.05) is 25.0 Å². The lowest BCUT2D eigenvalue weighted by Crippen LogP contribution is -2.30. The van der Waals surface area contributed by atoms with Crippen molar-refractivity contribution < 1.29 is 27.4 Å². The second-order valence-corrected chi connectivity index (χ2v) is 11.2. The average molecular weight is 681 g/mol. The van der Waals surface area contributed by atoms with Crippen LogP contribution in [0.25, 0.3) is 11.4 Å². The zero-order valence-corrected chi connectivity index (χ0v) is 25.7. The molecule has 5 aromatic rings. The van der Waals surface area contributed by atoms with Crippen LogP contribution in [-0.4, -0.2) is 53.7 Å². The quantitative estimate of drug-likeness (QED) is 0.155. The minimum absolute atomic E-state index is 0.0209. The van der Waals surface area contributed by atoms with Gasteiger partial charge >= 0.3 is 16.2 Å². The summed E-state index contributed by atoms with van der Waals surface area (Å²) in [7, 11) is -2.67. The second-order valence-electron chi connectivity index (χ2n) is 8.81. The number of anilines is 1. The topological polar surface area (TPSA) is 160 Å². The number of hydrogen-bond acceptors (Lipinski definition) is 11. The molecule has 0 aliphatic rings. The van der Waals surface area contributed by atoms with E-state index in [1.165, 1.54) is 7.11 Å². The first kappa shape index (κ1) is 30.6. The summed E-state index contributed by atoms with van der Waals surface area (Å²) >= 11 is 3.28. The maximum atomic E-state index is 13.3. The normalized spacial score (nSPS) is 11.0. The third-order valence-corrected chi connectivity index (χ3v) is 7.14. The summed E-state index contributed by atoms with van der Waals surface area (Å²) in [5.74, 6) is 0.495. The molecule has 44 heavy (non-hydrogen) atoms. The van der Waals surface area contributed by atoms with Gasteiger partial charge in [-0.05, 0) is 45.8 Å². The summed E-state index contributed by atoms with van der Waals surface area (Å²) in [6.45, 7) is 0.0664. The van der Waals surface area contributed by atoms with Crippen LogP contribution in [0.3, 0.4) is 0 Å². The molecule has 13 nitrogen and oxygen atoms in total. The Morgan fingerprint density at radius 2 is 1.52 bits per heavy atom. The lowest BCUT2D eigenvalue weighted by Gasteiger charge is -2.18. The number of halogens is 1. The van der Waals surface area contributed by atoms with E-state index in [9.17, 15) is 8.42 Å². The van der Waals surface area contributed by atoms with Crippen molar-refractivity contribution >= 4 is 32.0 Å². The highest BCUT2D eigenvalue weighted by Gasteiger charge is 2.24. The van der Waals surface area contributed by atoms with Crippen molar-refractivity contribution in [2.24, 2.45) is 0 Å². The van der Waals surface area contributed by atoms with Crippen molar-refractivity contribution in [3.05, 3.63) is 102 Å². The highest BCUT2D eigenvalue weighted by Crippen LogP contribution is 2.41. The van der Waals surface area contributed by atoms with Gasteiger partial charge in [0.25, 0.3) is 5.88 Å². The van der Waals surface area contributed by atoms with Gasteiger partial charge in [-0.3, -0.25) is 9.71 Å². The molecular formula is C29H26BrN7O6S. The number of hydrogen-bond donors (Lipinski definition) is 2. The van der Waals surface area contributed by atoms with E-state index in [4.69, 9.17) is 18.9 Å². The third-order valence-electron chi connectivity index (χ3n) is 5.74. The molecule has 0 aliphatic carbocycles. The van der Waals surface area contributed by atoms with Gasteiger partial charge in [0.2, 0.25) is 5.75 Å². The van der Waals surface area contributed by atoms with Gasteiger partial charge in [-0.1, -0.05) is 42.5 Å². The molecule has 0 aliphatic heterocycles. The van der Waals surface area contributed by atoms with Crippen LogP contribution in [0.4, 0.5) is 5.82 Å². The van der Waals surface area contributed by atoms with Crippen molar-refractivity contribution in [3.63, 3.8) is 0 Å². The highest BCUT2D eigenvalue weighted by molar-refractivity contribution is 9.10. The molecule has 2 aromatic carbocycles. The molecule has 0 saturated carbocycles. The first-order valence-electron chi connectivity index (χ1n) is 13.1. The summed E-state index contributed by atoms with van der Waals surface area (Å²) in [5, 5.41) is 0. The molecule has 0 fully saturated rings. The predicted octanol–water partition coefficient (Wildman–Crippen LogP) is 4.80. The number of nitrogens with one attached hydrogen (secondary N) is 2. The molecule has 5 rings (SSSR count). The van der Waals surface area contributed by atoms with Gasteiger partial charge < -0.3 is 18.9 Å². The summed E-state index contributed by atoms with van der Waals surface area (Å²) in [4.78, 5) is 21.3. The van der Waals surface area contributed by atoms with E-state index >= 15 is 0 Å². The predicted molar refractivity (Wildman–Crippen MR) is 165 cm³/mol. The Bertz CT molecular complexity index is 1780. The maximum Gasteiger partial charge on any atom is 0.316 e. The number of methoxy groups -OCH3 is 1. The van der Waals surface area contributed by atoms with Gasteiger partial charge in [-0.25, -0.2) is 15.0 Å². The van der Waals surface area contributed by atoms with Crippen LogP contribution < -0.4 is 28.4 Å². The zero-order chi connectivity index (χ0) is 30.8. The number of nitrogens with zero attached hydrogens (tertiary/aromatic N) is 5. The molecule has 2 N–H and O–H groups in total. The van der Waals surface area contributed by atoms with Gasteiger partial charge in [-0.15, -0.1) is 0 Å². The van der Waals surface area contributed by atoms with Crippen LogP contribution in [0.15, 0.2) is 96.0 Å². The number of ether oxygens (including phenoxy) is 4. The van der Waals surface area contributed by atoms with Crippen LogP contribution >= 0.6 is 15.9 Å². The number of para-hydroxylation sites is 2. The van der Waals surface area contributed by atoms with Crippen molar-refractivity contribution in [1.29, 1.82) is 0 Å². The van der Waals surface area contributed by atoms with Crippen molar-refractivity contribution in [3.8, 4) is 40.5 Å². The molecular weight excluding hydrogens is 654 g/mol. The first-order valence-corrected chi connectivity index (χ1v) is 15.4. The van der Waals surface area contributed by atoms with Crippen molar-refractivity contribution in [2.45, 2.75) is 6.54 Å². The molecule has 3 heterocycles. The molecule has 15 heteroatoms. The van der Waals surface area contributed by atoms with Crippen LogP contribution in [0, 0.1) is 0 Å². The molecule has 0 atom stereocenters. The highest BCUT2D eigenvalue weighted by atomic mass is 79.9. The monoisotopic (exact) mass is 679 g/mol. The minimum atomic E-state index is -4.16. The Kier molecular flexibility index (Phi) is 10.1. The van der Waals surface area contributed by atoms with E-state index in [1.54, 1.807) is 73.3 Å². The summed E-state index contributed by atoms with van der Waals surface area (Å²) < 4.78 is 55.4. The molecule has 0 saturated heterocycles. The number of aromatic nitrogens is 5. The van der Waals surface area contributed by atoms with Crippen LogP contribution in [0.5, 0.6) is 29.1 Å². The summed E-state index contributed by atoms with van der Waals surface area (Å²) in [5.41, 5.74) is 1.33. The van der Waals surface area contributed by atoms with E-state index in [0.29, 0.717) is 15.8 Å². The lowest BCUT2D eigenvalue weighted by atomic mass is 10.2. The standard InChI is InChI=1S/C29H26BrN7O6S/c1-40-23-9-5-6-10-24(23)43-25-27(37-44(38,39)34-17-20-7-3-2-4-8-20)35-26(21-11-13-31-14-12-21)36-28(25)41-15-16-42-29-32-18-22(30)19-33-29/h2-14,18-19,34H,15-17H2,1H3,(H,35,36,37). The van der Waals surface area contributed by atoms with Crippen molar-refractivity contribution in [1.82, 2.24) is 29.6 Å². The number of rotatable bonds is 14. The molecule has 0 radical (unpaired) electrons. The fourth-order valence-electron chi connectivity index (χ4n) is 3.72. The summed E-state index contributed by atoms with van der Waals surface area (Å²) in [6, 6.07) is 19.5. The van der Waals surface area contributed by atoms with Gasteiger partial charge in [0.15, 0.2) is 23.1 Å². The molecule has 0 spiro atoms. The van der Waals surface area contributed by atoms with E-state index in [1.807, 2.05) is 18.2 Å². The molecule has 3 aromatic heterocycles. The SMILES string of the molecule is COc1ccccc1Oc1c(NS(=O)(=O)NCc2ccccc2)nc(-c2ccncc2)nc1OCCOc1ncc(Br)cn1. The van der Waals surface area contributed by atoms with E-state index in [0.717, 1.165) is 5.56 Å². The molecule has 0 bridgehead atoms. The second kappa shape index (κ2) is 14.5. The van der Waals surface area contributed by atoms with Gasteiger partial charge in [0.05, 0.1) is 11.6 Å². The maximum absolute atomic E-state index is 13.3. The Morgan fingerprint density at radius 1 is 0.841 bits per heavy atom. The molecule has 226 valence electrons. The van der Waals surface area contributed by atoms with E-state index in [2.05, 4.69) is 50.3 Å². The smallest absolute Gasteiger partial charge is 0.316 e. The van der Waals surface area contributed by atoms with Gasteiger partial charge in [0, 0.05) is 36.9 Å². The Balaban J connectivity index is 1.49. The Hall–Kier alpha value is -4.86. The minimum Gasteiger partial charge on any atom is -0.493 e.